The van der Waals surface area contributed by atoms with Crippen molar-refractivity contribution in [1.82, 2.24) is 5.43 Å². The van der Waals surface area contributed by atoms with Gasteiger partial charge >= 0.3 is 0 Å². The number of benzene rings is 1. The van der Waals surface area contributed by atoms with Crippen LogP contribution in [0.5, 0.6) is 11.5 Å². The van der Waals surface area contributed by atoms with Crippen LogP contribution in [-0.2, 0) is 4.74 Å². The van der Waals surface area contributed by atoms with E-state index in [1.165, 1.54) is 6.42 Å². The van der Waals surface area contributed by atoms with Crippen LogP contribution in [0.2, 0.25) is 0 Å². The zero-order valence-electron chi connectivity index (χ0n) is 12.2. The Labute approximate surface area is 120 Å². The summed E-state index contributed by atoms with van der Waals surface area (Å²) in [6.45, 7) is 0.855. The number of methoxy groups -OCH3 is 2. The topological polar surface area (TPSA) is 65.7 Å². The van der Waals surface area contributed by atoms with Crippen molar-refractivity contribution in [3.8, 4) is 11.5 Å². The Balaban J connectivity index is 2.09. The van der Waals surface area contributed by atoms with Gasteiger partial charge in [-0.3, -0.25) is 11.3 Å². The molecule has 1 saturated heterocycles. The van der Waals surface area contributed by atoms with Gasteiger partial charge in [0, 0.05) is 12.6 Å². The van der Waals surface area contributed by atoms with Crippen molar-refractivity contribution in [1.29, 1.82) is 0 Å². The Morgan fingerprint density at radius 2 is 2.10 bits per heavy atom. The molecule has 0 amide bonds. The van der Waals surface area contributed by atoms with Gasteiger partial charge in [0.2, 0.25) is 0 Å². The minimum Gasteiger partial charge on any atom is -0.493 e. The Morgan fingerprint density at radius 3 is 2.70 bits per heavy atom. The molecule has 1 aromatic carbocycles. The van der Waals surface area contributed by atoms with Crippen LogP contribution in [0.1, 0.15) is 37.3 Å². The SMILES string of the molecule is COc1ccc(C(CC2CCCCO2)NN)cc1OC. The van der Waals surface area contributed by atoms with E-state index in [1.54, 1.807) is 14.2 Å². The Bertz CT molecular complexity index is 420. The molecule has 0 aromatic heterocycles. The summed E-state index contributed by atoms with van der Waals surface area (Å²) < 4.78 is 16.4. The first kappa shape index (κ1) is 15.1. The molecule has 5 heteroatoms. The fraction of sp³-hybridized carbons (Fsp3) is 0.600. The smallest absolute Gasteiger partial charge is 0.161 e. The van der Waals surface area contributed by atoms with E-state index in [9.17, 15) is 0 Å². The van der Waals surface area contributed by atoms with E-state index in [-0.39, 0.29) is 12.1 Å². The molecule has 1 fully saturated rings. The standard InChI is InChI=1S/C15H24N2O3/c1-18-14-7-6-11(9-15(14)19-2)13(17-16)10-12-5-3-4-8-20-12/h6-7,9,12-13,17H,3-5,8,10,16H2,1-2H3. The summed E-state index contributed by atoms with van der Waals surface area (Å²) in [6.07, 6.45) is 4.64. The zero-order chi connectivity index (χ0) is 14.4. The van der Waals surface area contributed by atoms with Crippen molar-refractivity contribution in [3.05, 3.63) is 23.8 Å². The highest BCUT2D eigenvalue weighted by Crippen LogP contribution is 2.32. The Hall–Kier alpha value is -1.30. The molecule has 2 rings (SSSR count). The third-order valence-corrected chi connectivity index (χ3v) is 3.78. The zero-order valence-corrected chi connectivity index (χ0v) is 12.2. The van der Waals surface area contributed by atoms with Crippen LogP contribution in [0.4, 0.5) is 0 Å². The molecule has 1 aliphatic heterocycles. The molecule has 5 nitrogen and oxygen atoms in total. The predicted molar refractivity (Wildman–Crippen MR) is 77.8 cm³/mol. The van der Waals surface area contributed by atoms with Crippen molar-refractivity contribution in [3.63, 3.8) is 0 Å². The number of nitrogens with one attached hydrogen (secondary N) is 1. The van der Waals surface area contributed by atoms with Crippen molar-refractivity contribution in [2.24, 2.45) is 5.84 Å². The number of hydrogen-bond donors (Lipinski definition) is 2. The summed E-state index contributed by atoms with van der Waals surface area (Å²) in [5.74, 6) is 7.15. The van der Waals surface area contributed by atoms with E-state index in [0.717, 1.165) is 42.9 Å². The molecule has 0 spiro atoms. The molecule has 2 atom stereocenters. The second kappa shape index (κ2) is 7.47. The average molecular weight is 280 g/mol. The first-order chi connectivity index (χ1) is 9.78. The van der Waals surface area contributed by atoms with Gasteiger partial charge in [-0.15, -0.1) is 0 Å². The van der Waals surface area contributed by atoms with E-state index in [2.05, 4.69) is 5.43 Å². The fourth-order valence-corrected chi connectivity index (χ4v) is 2.63. The van der Waals surface area contributed by atoms with Gasteiger partial charge in [-0.2, -0.15) is 0 Å². The highest BCUT2D eigenvalue weighted by molar-refractivity contribution is 5.43. The van der Waals surface area contributed by atoms with Crippen LogP contribution < -0.4 is 20.7 Å². The third-order valence-electron chi connectivity index (χ3n) is 3.78. The summed E-state index contributed by atoms with van der Waals surface area (Å²) in [7, 11) is 3.27. The molecular formula is C15H24N2O3. The van der Waals surface area contributed by atoms with Crippen LogP contribution >= 0.6 is 0 Å². The van der Waals surface area contributed by atoms with E-state index < -0.39 is 0 Å². The van der Waals surface area contributed by atoms with Gasteiger partial charge in [0.05, 0.1) is 20.3 Å². The van der Waals surface area contributed by atoms with Gasteiger partial charge < -0.3 is 14.2 Å². The summed E-state index contributed by atoms with van der Waals surface area (Å²) in [5.41, 5.74) is 3.96. The summed E-state index contributed by atoms with van der Waals surface area (Å²) in [4.78, 5) is 0. The van der Waals surface area contributed by atoms with Crippen LogP contribution in [0.25, 0.3) is 0 Å². The minimum atomic E-state index is 0.0536. The van der Waals surface area contributed by atoms with Gasteiger partial charge in [-0.1, -0.05) is 6.07 Å². The molecule has 20 heavy (non-hydrogen) atoms. The maximum absolute atomic E-state index is 5.78. The van der Waals surface area contributed by atoms with Gasteiger partial charge in [0.1, 0.15) is 0 Å². The number of nitrogens with two attached hydrogens (primary N) is 1. The highest BCUT2D eigenvalue weighted by atomic mass is 16.5. The molecule has 0 aliphatic carbocycles. The quantitative estimate of drug-likeness (QED) is 0.617. The van der Waals surface area contributed by atoms with Crippen LogP contribution in [0.3, 0.4) is 0 Å². The second-order valence-electron chi connectivity index (χ2n) is 5.06. The maximum Gasteiger partial charge on any atom is 0.161 e. The lowest BCUT2D eigenvalue weighted by Gasteiger charge is -2.27. The van der Waals surface area contributed by atoms with Crippen molar-refractivity contribution >= 4 is 0 Å². The highest BCUT2D eigenvalue weighted by Gasteiger charge is 2.21. The number of hydrazine groups is 1. The van der Waals surface area contributed by atoms with Gasteiger partial charge in [0.15, 0.2) is 11.5 Å². The molecule has 1 aromatic rings. The molecule has 0 radical (unpaired) electrons. The molecule has 0 saturated carbocycles. The first-order valence-electron chi connectivity index (χ1n) is 7.08. The fourth-order valence-electron chi connectivity index (χ4n) is 2.63. The van der Waals surface area contributed by atoms with Gasteiger partial charge in [-0.05, 0) is 43.4 Å². The Morgan fingerprint density at radius 1 is 1.30 bits per heavy atom. The monoisotopic (exact) mass is 280 g/mol. The average Bonchev–Trinajstić information content (AvgIpc) is 2.53. The largest absolute Gasteiger partial charge is 0.493 e. The lowest BCUT2D eigenvalue weighted by atomic mass is 9.97. The third kappa shape index (κ3) is 3.62. The lowest BCUT2D eigenvalue weighted by Crippen LogP contribution is -2.32. The Kier molecular flexibility index (Phi) is 5.64. The second-order valence-corrected chi connectivity index (χ2v) is 5.06. The predicted octanol–water partition coefficient (Wildman–Crippen LogP) is 2.17. The molecule has 1 heterocycles. The first-order valence-corrected chi connectivity index (χ1v) is 7.08. The molecule has 1 aliphatic rings. The van der Waals surface area contributed by atoms with Gasteiger partial charge in [-0.25, -0.2) is 0 Å². The van der Waals surface area contributed by atoms with Crippen LogP contribution in [-0.4, -0.2) is 26.9 Å². The summed E-state index contributed by atoms with van der Waals surface area (Å²) >= 11 is 0. The van der Waals surface area contributed by atoms with E-state index in [1.807, 2.05) is 18.2 Å². The van der Waals surface area contributed by atoms with E-state index in [0.29, 0.717) is 0 Å². The van der Waals surface area contributed by atoms with E-state index in [4.69, 9.17) is 20.1 Å². The van der Waals surface area contributed by atoms with Crippen LogP contribution in [0.15, 0.2) is 18.2 Å². The molecule has 2 unspecified atom stereocenters. The molecule has 112 valence electrons. The normalized spacial score (nSPS) is 20.4. The summed E-state index contributed by atoms with van der Waals surface area (Å²) in [6, 6.07) is 5.93. The number of hydrogen-bond acceptors (Lipinski definition) is 5. The molecular weight excluding hydrogens is 256 g/mol. The van der Waals surface area contributed by atoms with Crippen molar-refractivity contribution in [2.45, 2.75) is 37.8 Å². The number of rotatable bonds is 6. The molecule has 0 bridgehead atoms. The van der Waals surface area contributed by atoms with Gasteiger partial charge in [0.25, 0.3) is 0 Å². The number of ether oxygens (including phenoxy) is 3. The van der Waals surface area contributed by atoms with Crippen LogP contribution in [0, 0.1) is 0 Å². The minimum absolute atomic E-state index is 0.0536. The van der Waals surface area contributed by atoms with E-state index >= 15 is 0 Å². The maximum atomic E-state index is 5.78. The van der Waals surface area contributed by atoms with Crippen molar-refractivity contribution in [2.75, 3.05) is 20.8 Å². The van der Waals surface area contributed by atoms with Crippen molar-refractivity contribution < 1.29 is 14.2 Å². The molecule has 3 N–H and O–H groups in total. The summed E-state index contributed by atoms with van der Waals surface area (Å²) in [5, 5.41) is 0. The lowest BCUT2D eigenvalue weighted by molar-refractivity contribution is 0.00501.